The summed E-state index contributed by atoms with van der Waals surface area (Å²) >= 11 is 0. The predicted octanol–water partition coefficient (Wildman–Crippen LogP) is 3.11. The minimum atomic E-state index is 0. The van der Waals surface area contributed by atoms with E-state index in [-0.39, 0.29) is 24.0 Å². The van der Waals surface area contributed by atoms with E-state index < -0.39 is 0 Å². The van der Waals surface area contributed by atoms with Crippen molar-refractivity contribution in [2.75, 3.05) is 39.2 Å². The number of ether oxygens (including phenoxy) is 2. The highest BCUT2D eigenvalue weighted by Gasteiger charge is 2.14. The monoisotopic (exact) mass is 482 g/mol. The molecular weight excluding hydrogens is 455 g/mol. The summed E-state index contributed by atoms with van der Waals surface area (Å²) in [4.78, 5) is 6.85. The highest BCUT2D eigenvalue weighted by Crippen LogP contribution is 2.29. The molecular formula is C20H27IN4O2. The number of nitrogens with zero attached hydrogens (tertiary/aromatic N) is 2. The van der Waals surface area contributed by atoms with Crippen LogP contribution < -0.4 is 20.5 Å². The molecule has 0 amide bonds. The third-order valence-corrected chi connectivity index (χ3v) is 4.56. The standard InChI is InChI=1S/C20H26N4O2.HI/c1-25-18-8-7-17(13-19(18)26-2)23-20(21)22-10-12-24-11-9-15-5-3-4-6-16(15)14-24;/h3-8,13H,9-12,14H2,1-2H3,(H3,21,22,23);1H. The van der Waals surface area contributed by atoms with Gasteiger partial charge in [0.1, 0.15) is 0 Å². The average molecular weight is 482 g/mol. The van der Waals surface area contributed by atoms with Crippen LogP contribution in [0.25, 0.3) is 0 Å². The van der Waals surface area contributed by atoms with Gasteiger partial charge < -0.3 is 20.5 Å². The van der Waals surface area contributed by atoms with E-state index in [4.69, 9.17) is 15.2 Å². The van der Waals surface area contributed by atoms with Crippen molar-refractivity contribution in [2.24, 2.45) is 10.7 Å². The fourth-order valence-corrected chi connectivity index (χ4v) is 3.16. The van der Waals surface area contributed by atoms with Crippen molar-refractivity contribution in [3.63, 3.8) is 0 Å². The van der Waals surface area contributed by atoms with Gasteiger partial charge in [0.15, 0.2) is 17.5 Å². The third kappa shape index (κ3) is 5.74. The maximum atomic E-state index is 6.01. The fourth-order valence-electron chi connectivity index (χ4n) is 3.16. The molecule has 1 aliphatic heterocycles. The Morgan fingerprint density at radius 1 is 1.11 bits per heavy atom. The molecule has 7 heteroatoms. The van der Waals surface area contributed by atoms with Gasteiger partial charge in [-0.05, 0) is 29.7 Å². The molecule has 0 aliphatic carbocycles. The van der Waals surface area contributed by atoms with Crippen LogP contribution in [0.5, 0.6) is 11.5 Å². The highest BCUT2D eigenvalue weighted by atomic mass is 127. The van der Waals surface area contributed by atoms with E-state index >= 15 is 0 Å². The molecule has 2 aromatic rings. The Hall–Kier alpha value is -2.00. The summed E-state index contributed by atoms with van der Waals surface area (Å²) in [5.41, 5.74) is 9.70. The number of benzene rings is 2. The molecule has 3 N–H and O–H groups in total. The Kier molecular flexibility index (Phi) is 8.18. The zero-order valence-corrected chi connectivity index (χ0v) is 18.1. The first-order chi connectivity index (χ1) is 12.7. The smallest absolute Gasteiger partial charge is 0.193 e. The van der Waals surface area contributed by atoms with Gasteiger partial charge in [0.05, 0.1) is 20.8 Å². The number of hydrogen-bond donors (Lipinski definition) is 2. The molecule has 0 saturated carbocycles. The molecule has 0 radical (unpaired) electrons. The van der Waals surface area contributed by atoms with Crippen LogP contribution in [0.4, 0.5) is 5.69 Å². The molecule has 6 nitrogen and oxygen atoms in total. The molecule has 1 heterocycles. The lowest BCUT2D eigenvalue weighted by Gasteiger charge is -2.28. The number of guanidine groups is 1. The van der Waals surface area contributed by atoms with Gasteiger partial charge in [-0.15, -0.1) is 24.0 Å². The minimum Gasteiger partial charge on any atom is -0.493 e. The topological polar surface area (TPSA) is 72.1 Å². The largest absolute Gasteiger partial charge is 0.493 e. The van der Waals surface area contributed by atoms with Gasteiger partial charge in [0.25, 0.3) is 0 Å². The molecule has 3 rings (SSSR count). The van der Waals surface area contributed by atoms with Gasteiger partial charge >= 0.3 is 0 Å². The minimum absolute atomic E-state index is 0. The van der Waals surface area contributed by atoms with E-state index in [9.17, 15) is 0 Å². The molecule has 0 spiro atoms. The van der Waals surface area contributed by atoms with E-state index in [0.717, 1.165) is 31.7 Å². The Morgan fingerprint density at radius 2 is 1.85 bits per heavy atom. The second-order valence-corrected chi connectivity index (χ2v) is 6.26. The lowest BCUT2D eigenvalue weighted by atomic mass is 10.0. The normalized spacial score (nSPS) is 14.1. The lowest BCUT2D eigenvalue weighted by molar-refractivity contribution is 0.262. The van der Waals surface area contributed by atoms with E-state index in [2.05, 4.69) is 39.5 Å². The number of nitrogens with two attached hydrogens (primary N) is 1. The summed E-state index contributed by atoms with van der Waals surface area (Å²) in [6.07, 6.45) is 1.10. The second kappa shape index (κ2) is 10.4. The quantitative estimate of drug-likeness (QED) is 0.376. The van der Waals surface area contributed by atoms with Crippen molar-refractivity contribution >= 4 is 35.6 Å². The molecule has 0 aromatic heterocycles. The first kappa shape index (κ1) is 21.3. The highest BCUT2D eigenvalue weighted by molar-refractivity contribution is 14.0. The van der Waals surface area contributed by atoms with Gasteiger partial charge in [-0.1, -0.05) is 24.3 Å². The maximum absolute atomic E-state index is 6.01. The molecule has 27 heavy (non-hydrogen) atoms. The number of hydrogen-bond acceptors (Lipinski definition) is 4. The van der Waals surface area contributed by atoms with Crippen LogP contribution in [-0.4, -0.2) is 44.7 Å². The molecule has 0 saturated heterocycles. The molecule has 0 bridgehead atoms. The number of halogens is 1. The summed E-state index contributed by atoms with van der Waals surface area (Å²) < 4.78 is 10.5. The van der Waals surface area contributed by atoms with Gasteiger partial charge in [-0.3, -0.25) is 9.89 Å². The molecule has 2 aromatic carbocycles. The molecule has 0 fully saturated rings. The fraction of sp³-hybridized carbons (Fsp3) is 0.350. The van der Waals surface area contributed by atoms with Gasteiger partial charge in [-0.25, -0.2) is 0 Å². The van der Waals surface area contributed by atoms with Crippen molar-refractivity contribution in [1.29, 1.82) is 0 Å². The number of rotatable bonds is 6. The number of nitrogens with one attached hydrogen (secondary N) is 1. The van der Waals surface area contributed by atoms with Crippen LogP contribution in [0.3, 0.4) is 0 Å². The Morgan fingerprint density at radius 3 is 2.59 bits per heavy atom. The van der Waals surface area contributed by atoms with Crippen LogP contribution in [-0.2, 0) is 13.0 Å². The van der Waals surface area contributed by atoms with Crippen molar-refractivity contribution in [1.82, 2.24) is 4.90 Å². The zero-order chi connectivity index (χ0) is 18.4. The van der Waals surface area contributed by atoms with Crippen LogP contribution in [0, 0.1) is 0 Å². The zero-order valence-electron chi connectivity index (χ0n) is 15.8. The van der Waals surface area contributed by atoms with Crippen molar-refractivity contribution in [2.45, 2.75) is 13.0 Å². The van der Waals surface area contributed by atoms with E-state index in [1.54, 1.807) is 14.2 Å². The van der Waals surface area contributed by atoms with Crippen molar-refractivity contribution in [3.8, 4) is 11.5 Å². The molecule has 1 aliphatic rings. The number of methoxy groups -OCH3 is 2. The second-order valence-electron chi connectivity index (χ2n) is 6.26. The SMILES string of the molecule is COc1ccc(NC(N)=NCCN2CCc3ccccc3C2)cc1OC.I. The van der Waals surface area contributed by atoms with Crippen LogP contribution >= 0.6 is 24.0 Å². The molecule has 146 valence electrons. The van der Waals surface area contributed by atoms with E-state index in [1.807, 2.05) is 18.2 Å². The first-order valence-electron chi connectivity index (χ1n) is 8.77. The summed E-state index contributed by atoms with van der Waals surface area (Å²) in [5, 5.41) is 3.09. The summed E-state index contributed by atoms with van der Waals surface area (Å²) in [7, 11) is 3.22. The summed E-state index contributed by atoms with van der Waals surface area (Å²) in [5.74, 6) is 1.73. The lowest BCUT2D eigenvalue weighted by Crippen LogP contribution is -2.33. The summed E-state index contributed by atoms with van der Waals surface area (Å²) in [6, 6.07) is 14.2. The third-order valence-electron chi connectivity index (χ3n) is 4.56. The molecule has 0 atom stereocenters. The van der Waals surface area contributed by atoms with E-state index in [1.165, 1.54) is 11.1 Å². The number of aliphatic imine (C=N–C) groups is 1. The maximum Gasteiger partial charge on any atom is 0.193 e. The first-order valence-corrected chi connectivity index (χ1v) is 8.77. The number of anilines is 1. The van der Waals surface area contributed by atoms with Gasteiger partial charge in [-0.2, -0.15) is 0 Å². The Bertz CT molecular complexity index is 782. The predicted molar refractivity (Wildman–Crippen MR) is 120 cm³/mol. The van der Waals surface area contributed by atoms with Crippen LogP contribution in [0.1, 0.15) is 11.1 Å². The van der Waals surface area contributed by atoms with Crippen LogP contribution in [0.2, 0.25) is 0 Å². The Labute approximate surface area is 177 Å². The van der Waals surface area contributed by atoms with Crippen molar-refractivity contribution < 1.29 is 9.47 Å². The Balaban J connectivity index is 0.00000261. The summed E-state index contributed by atoms with van der Waals surface area (Å²) in [6.45, 7) is 3.60. The number of fused-ring (bicyclic) bond motifs is 1. The van der Waals surface area contributed by atoms with Gasteiger partial charge in [0, 0.05) is 31.4 Å². The van der Waals surface area contributed by atoms with E-state index in [0.29, 0.717) is 24.0 Å². The van der Waals surface area contributed by atoms with Crippen LogP contribution in [0.15, 0.2) is 47.5 Å². The molecule has 0 unspecified atom stereocenters. The average Bonchev–Trinajstić information content (AvgIpc) is 2.67. The van der Waals surface area contributed by atoms with Crippen molar-refractivity contribution in [3.05, 3.63) is 53.6 Å². The van der Waals surface area contributed by atoms with Gasteiger partial charge in [0.2, 0.25) is 0 Å².